The van der Waals surface area contributed by atoms with Crippen LogP contribution in [0.3, 0.4) is 0 Å². The Morgan fingerprint density at radius 1 is 1.30 bits per heavy atom. The predicted octanol–water partition coefficient (Wildman–Crippen LogP) is 2.40. The summed E-state index contributed by atoms with van der Waals surface area (Å²) in [5.74, 6) is -0.552. The second-order valence-corrected chi connectivity index (χ2v) is 8.12. The summed E-state index contributed by atoms with van der Waals surface area (Å²) in [5, 5.41) is 3.88. The first kappa shape index (κ1) is 19.0. The number of ether oxygens (including phenoxy) is 1. The number of amides is 1. The van der Waals surface area contributed by atoms with Gasteiger partial charge in [-0.25, -0.2) is 13.1 Å². The lowest BCUT2D eigenvalue weighted by Gasteiger charge is -2.11. The van der Waals surface area contributed by atoms with Gasteiger partial charge in [0.15, 0.2) is 0 Å². The minimum absolute atomic E-state index is 0.000662. The highest BCUT2D eigenvalue weighted by Crippen LogP contribution is 2.25. The average molecular weight is 403 g/mol. The Hall–Kier alpha value is -2.75. The summed E-state index contributed by atoms with van der Waals surface area (Å²) in [4.78, 5) is 15.8. The SMILES string of the molecule is COc1ccc(S(=O)(=O)NCc2cccnc2-c2ccsc2)cc1C(N)=O. The van der Waals surface area contributed by atoms with Gasteiger partial charge in [0.1, 0.15) is 5.75 Å². The molecule has 2 heterocycles. The van der Waals surface area contributed by atoms with Crippen LogP contribution in [-0.2, 0) is 16.6 Å². The maximum Gasteiger partial charge on any atom is 0.252 e. The van der Waals surface area contributed by atoms with Crippen LogP contribution in [0.4, 0.5) is 0 Å². The monoisotopic (exact) mass is 403 g/mol. The van der Waals surface area contributed by atoms with Crippen LogP contribution in [0.1, 0.15) is 15.9 Å². The largest absolute Gasteiger partial charge is 0.496 e. The topological polar surface area (TPSA) is 111 Å². The van der Waals surface area contributed by atoms with E-state index in [1.165, 1.54) is 36.6 Å². The van der Waals surface area contributed by atoms with E-state index in [0.29, 0.717) is 5.69 Å². The van der Waals surface area contributed by atoms with Gasteiger partial charge in [-0.3, -0.25) is 9.78 Å². The molecule has 7 nitrogen and oxygen atoms in total. The predicted molar refractivity (Wildman–Crippen MR) is 103 cm³/mol. The Morgan fingerprint density at radius 2 is 2.11 bits per heavy atom. The Bertz CT molecular complexity index is 1060. The van der Waals surface area contributed by atoms with Crippen LogP contribution < -0.4 is 15.2 Å². The van der Waals surface area contributed by atoms with Crippen molar-refractivity contribution in [1.82, 2.24) is 9.71 Å². The third-order valence-corrected chi connectivity index (χ3v) is 5.97. The highest BCUT2D eigenvalue weighted by atomic mass is 32.2. The van der Waals surface area contributed by atoms with Gasteiger partial charge in [0.2, 0.25) is 10.0 Å². The van der Waals surface area contributed by atoms with Crippen LogP contribution in [-0.4, -0.2) is 26.4 Å². The number of nitrogens with one attached hydrogen (secondary N) is 1. The minimum atomic E-state index is -3.86. The summed E-state index contributed by atoms with van der Waals surface area (Å²) in [6, 6.07) is 9.44. The first-order valence-electron chi connectivity index (χ1n) is 7.86. The van der Waals surface area contributed by atoms with Crippen LogP contribution in [0.5, 0.6) is 5.75 Å². The first-order valence-corrected chi connectivity index (χ1v) is 10.3. The molecule has 140 valence electrons. The normalized spacial score (nSPS) is 11.3. The van der Waals surface area contributed by atoms with Gasteiger partial charge in [0.05, 0.1) is 23.3 Å². The average Bonchev–Trinajstić information content (AvgIpc) is 3.20. The molecular formula is C18H17N3O4S2. The molecule has 0 spiro atoms. The zero-order valence-corrected chi connectivity index (χ0v) is 16.0. The molecule has 3 N–H and O–H groups in total. The van der Waals surface area contributed by atoms with Gasteiger partial charge >= 0.3 is 0 Å². The Balaban J connectivity index is 1.87. The minimum Gasteiger partial charge on any atom is -0.496 e. The summed E-state index contributed by atoms with van der Waals surface area (Å²) < 4.78 is 32.9. The smallest absolute Gasteiger partial charge is 0.252 e. The van der Waals surface area contributed by atoms with Crippen LogP contribution in [0, 0.1) is 0 Å². The maximum atomic E-state index is 12.7. The third kappa shape index (κ3) is 4.16. The van der Waals surface area contributed by atoms with Crippen molar-refractivity contribution in [2.24, 2.45) is 5.73 Å². The van der Waals surface area contributed by atoms with Gasteiger partial charge in [-0.15, -0.1) is 0 Å². The second kappa shape index (κ2) is 7.87. The molecule has 2 aromatic heterocycles. The number of carbonyl (C=O) groups is 1. The number of primary amides is 1. The van der Waals surface area contributed by atoms with Crippen molar-refractivity contribution in [1.29, 1.82) is 0 Å². The molecule has 1 aromatic carbocycles. The molecule has 0 radical (unpaired) electrons. The highest BCUT2D eigenvalue weighted by Gasteiger charge is 2.19. The summed E-state index contributed by atoms with van der Waals surface area (Å²) in [6.07, 6.45) is 1.66. The zero-order valence-electron chi connectivity index (χ0n) is 14.4. The maximum absolute atomic E-state index is 12.7. The molecule has 27 heavy (non-hydrogen) atoms. The fraction of sp³-hybridized carbons (Fsp3) is 0.111. The Kier molecular flexibility index (Phi) is 5.54. The summed E-state index contributed by atoms with van der Waals surface area (Å²) in [7, 11) is -2.49. The Labute approximate surface area is 160 Å². The lowest BCUT2D eigenvalue weighted by Crippen LogP contribution is -2.24. The van der Waals surface area contributed by atoms with E-state index >= 15 is 0 Å². The second-order valence-electron chi connectivity index (χ2n) is 5.57. The number of nitrogens with two attached hydrogens (primary N) is 1. The van der Waals surface area contributed by atoms with E-state index in [0.717, 1.165) is 11.1 Å². The molecule has 9 heteroatoms. The number of benzene rings is 1. The first-order chi connectivity index (χ1) is 12.9. The van der Waals surface area contributed by atoms with E-state index in [1.54, 1.807) is 12.3 Å². The number of methoxy groups -OCH3 is 1. The highest BCUT2D eigenvalue weighted by molar-refractivity contribution is 7.89. The number of hydrogen-bond donors (Lipinski definition) is 2. The van der Waals surface area contributed by atoms with Gasteiger partial charge < -0.3 is 10.5 Å². The number of carbonyl (C=O) groups excluding carboxylic acids is 1. The summed E-state index contributed by atoms with van der Waals surface area (Å²) in [5.41, 5.74) is 7.68. The van der Waals surface area contributed by atoms with Crippen molar-refractivity contribution in [2.75, 3.05) is 7.11 Å². The molecule has 3 aromatic rings. The van der Waals surface area contributed by atoms with Crippen molar-refractivity contribution in [3.8, 4) is 17.0 Å². The Morgan fingerprint density at radius 3 is 2.78 bits per heavy atom. The quantitative estimate of drug-likeness (QED) is 0.629. The number of sulfonamides is 1. The van der Waals surface area contributed by atoms with Crippen molar-refractivity contribution in [2.45, 2.75) is 11.4 Å². The van der Waals surface area contributed by atoms with Crippen molar-refractivity contribution >= 4 is 27.3 Å². The molecule has 0 aliphatic carbocycles. The molecule has 0 bridgehead atoms. The van der Waals surface area contributed by atoms with Gasteiger partial charge in [-0.1, -0.05) is 6.07 Å². The van der Waals surface area contributed by atoms with E-state index < -0.39 is 15.9 Å². The van der Waals surface area contributed by atoms with Crippen molar-refractivity contribution in [3.63, 3.8) is 0 Å². The standard InChI is InChI=1S/C18H17N3O4S2/c1-25-16-5-4-14(9-15(16)18(19)22)27(23,24)21-10-12-3-2-7-20-17(12)13-6-8-26-11-13/h2-9,11,21H,10H2,1H3,(H2,19,22). The molecule has 0 saturated heterocycles. The van der Waals surface area contributed by atoms with Crippen LogP contribution >= 0.6 is 11.3 Å². The number of pyridine rings is 1. The number of nitrogens with zero attached hydrogens (tertiary/aromatic N) is 1. The van der Waals surface area contributed by atoms with E-state index in [-0.39, 0.29) is 22.8 Å². The van der Waals surface area contributed by atoms with E-state index in [2.05, 4.69) is 9.71 Å². The third-order valence-electron chi connectivity index (χ3n) is 3.89. The molecule has 0 atom stereocenters. The number of thiophene rings is 1. The lowest BCUT2D eigenvalue weighted by atomic mass is 10.1. The molecular weight excluding hydrogens is 386 g/mol. The van der Waals surface area contributed by atoms with Gasteiger partial charge in [0, 0.05) is 23.7 Å². The van der Waals surface area contributed by atoms with Crippen LogP contribution in [0.25, 0.3) is 11.3 Å². The zero-order chi connectivity index (χ0) is 19.4. The molecule has 0 saturated carbocycles. The number of rotatable bonds is 7. The fourth-order valence-electron chi connectivity index (χ4n) is 2.54. The molecule has 0 unspecified atom stereocenters. The number of hydrogen-bond acceptors (Lipinski definition) is 6. The van der Waals surface area contributed by atoms with Crippen LogP contribution in [0.2, 0.25) is 0 Å². The van der Waals surface area contributed by atoms with Gasteiger partial charge in [-0.05, 0) is 41.3 Å². The molecule has 0 aliphatic rings. The van der Waals surface area contributed by atoms with E-state index in [4.69, 9.17) is 10.5 Å². The molecule has 0 fully saturated rings. The molecule has 0 aliphatic heterocycles. The van der Waals surface area contributed by atoms with E-state index in [1.807, 2.05) is 22.9 Å². The number of aromatic nitrogens is 1. The summed E-state index contributed by atoms with van der Waals surface area (Å²) in [6.45, 7) is 0.0548. The van der Waals surface area contributed by atoms with Crippen LogP contribution in [0.15, 0.2) is 58.3 Å². The van der Waals surface area contributed by atoms with Crippen molar-refractivity contribution < 1.29 is 17.9 Å². The molecule has 3 rings (SSSR count). The lowest BCUT2D eigenvalue weighted by molar-refractivity contribution is 0.0997. The van der Waals surface area contributed by atoms with Gasteiger partial charge in [-0.2, -0.15) is 11.3 Å². The van der Waals surface area contributed by atoms with E-state index in [9.17, 15) is 13.2 Å². The van der Waals surface area contributed by atoms with Crippen molar-refractivity contribution in [3.05, 3.63) is 64.5 Å². The van der Waals surface area contributed by atoms with Gasteiger partial charge in [0.25, 0.3) is 5.91 Å². The summed E-state index contributed by atoms with van der Waals surface area (Å²) >= 11 is 1.54. The molecule has 1 amide bonds. The fourth-order valence-corrected chi connectivity index (χ4v) is 4.22.